The summed E-state index contributed by atoms with van der Waals surface area (Å²) in [6.45, 7) is 2.32. The second-order valence-electron chi connectivity index (χ2n) is 5.84. The molecule has 0 spiro atoms. The normalized spacial score (nSPS) is 11.5. The lowest BCUT2D eigenvalue weighted by Crippen LogP contribution is -2.10. The van der Waals surface area contributed by atoms with Crippen molar-refractivity contribution in [3.8, 4) is 5.75 Å². The average Bonchev–Trinajstić information content (AvgIpc) is 2.59. The fourth-order valence-corrected chi connectivity index (χ4v) is 3.84. The highest BCUT2D eigenvalue weighted by molar-refractivity contribution is 7.91. The number of sulfone groups is 1. The van der Waals surface area contributed by atoms with E-state index in [0.717, 1.165) is 22.1 Å². The molecule has 0 unspecified atom stereocenters. The molecular formula is C20H20O3S. The van der Waals surface area contributed by atoms with Crippen molar-refractivity contribution in [2.45, 2.75) is 18.2 Å². The molecule has 0 aliphatic rings. The lowest BCUT2D eigenvalue weighted by atomic mass is 10.1. The molecular weight excluding hydrogens is 320 g/mol. The highest BCUT2D eigenvalue weighted by atomic mass is 32.2. The Hall–Kier alpha value is -2.33. The smallest absolute Gasteiger partial charge is 0.178 e. The van der Waals surface area contributed by atoms with E-state index in [1.165, 1.54) is 0 Å². The van der Waals surface area contributed by atoms with Crippen molar-refractivity contribution >= 4 is 20.6 Å². The van der Waals surface area contributed by atoms with Gasteiger partial charge in [0.05, 0.1) is 17.3 Å². The number of rotatable bonds is 6. The minimum Gasteiger partial charge on any atom is -0.494 e. The van der Waals surface area contributed by atoms with E-state index in [0.29, 0.717) is 17.9 Å². The molecule has 3 rings (SSSR count). The van der Waals surface area contributed by atoms with Gasteiger partial charge in [-0.2, -0.15) is 0 Å². The van der Waals surface area contributed by atoms with Gasteiger partial charge in [0.25, 0.3) is 0 Å². The Balaban J connectivity index is 1.56. The van der Waals surface area contributed by atoms with Crippen molar-refractivity contribution in [2.24, 2.45) is 0 Å². The SMILES string of the molecule is Cc1ccc(S(=O)(=O)CCCOc2ccc3ccccc3c2)cc1. The summed E-state index contributed by atoms with van der Waals surface area (Å²) < 4.78 is 30.2. The van der Waals surface area contributed by atoms with Crippen LogP contribution in [0, 0.1) is 6.92 Å². The molecule has 3 aromatic rings. The fourth-order valence-electron chi connectivity index (χ4n) is 2.56. The van der Waals surface area contributed by atoms with Crippen LogP contribution >= 0.6 is 0 Å². The predicted octanol–water partition coefficient (Wildman–Crippen LogP) is 4.39. The van der Waals surface area contributed by atoms with Gasteiger partial charge in [-0.3, -0.25) is 0 Å². The molecule has 0 N–H and O–H groups in total. The first kappa shape index (κ1) is 16.5. The lowest BCUT2D eigenvalue weighted by Gasteiger charge is -2.08. The Labute approximate surface area is 142 Å². The highest BCUT2D eigenvalue weighted by Crippen LogP contribution is 2.21. The number of ether oxygens (including phenoxy) is 1. The Bertz CT molecular complexity index is 929. The van der Waals surface area contributed by atoms with Crippen LogP contribution in [-0.4, -0.2) is 20.8 Å². The van der Waals surface area contributed by atoms with E-state index < -0.39 is 9.84 Å². The molecule has 0 saturated carbocycles. The standard InChI is InChI=1S/C20H20O3S/c1-16-7-11-20(12-8-16)24(21,22)14-4-13-23-19-10-9-17-5-2-3-6-18(17)15-19/h2-3,5-12,15H,4,13-14H2,1H3. The van der Waals surface area contributed by atoms with Gasteiger partial charge in [0.1, 0.15) is 5.75 Å². The van der Waals surface area contributed by atoms with Crippen molar-refractivity contribution in [2.75, 3.05) is 12.4 Å². The van der Waals surface area contributed by atoms with Gasteiger partial charge in [0.2, 0.25) is 0 Å². The topological polar surface area (TPSA) is 43.4 Å². The van der Waals surface area contributed by atoms with Crippen molar-refractivity contribution < 1.29 is 13.2 Å². The van der Waals surface area contributed by atoms with Crippen LogP contribution in [0.25, 0.3) is 10.8 Å². The Kier molecular flexibility index (Phi) is 4.86. The maximum Gasteiger partial charge on any atom is 0.178 e. The van der Waals surface area contributed by atoms with Crippen LogP contribution in [-0.2, 0) is 9.84 Å². The van der Waals surface area contributed by atoms with Crippen LogP contribution in [0.2, 0.25) is 0 Å². The van der Waals surface area contributed by atoms with Crippen molar-refractivity contribution in [3.63, 3.8) is 0 Å². The zero-order valence-electron chi connectivity index (χ0n) is 13.6. The largest absolute Gasteiger partial charge is 0.494 e. The first-order valence-corrected chi connectivity index (χ1v) is 9.61. The quantitative estimate of drug-likeness (QED) is 0.625. The van der Waals surface area contributed by atoms with E-state index in [1.54, 1.807) is 12.1 Å². The third-order valence-electron chi connectivity index (χ3n) is 3.93. The number of hydrogen-bond acceptors (Lipinski definition) is 3. The molecule has 24 heavy (non-hydrogen) atoms. The lowest BCUT2D eigenvalue weighted by molar-refractivity contribution is 0.318. The second-order valence-corrected chi connectivity index (χ2v) is 7.95. The number of benzene rings is 3. The maximum absolute atomic E-state index is 12.3. The van der Waals surface area contributed by atoms with Crippen LogP contribution in [0.5, 0.6) is 5.75 Å². The molecule has 3 nitrogen and oxygen atoms in total. The summed E-state index contributed by atoms with van der Waals surface area (Å²) in [5, 5.41) is 2.27. The first-order chi connectivity index (χ1) is 11.5. The van der Waals surface area contributed by atoms with E-state index in [4.69, 9.17) is 4.74 Å². The minimum absolute atomic E-state index is 0.0869. The van der Waals surface area contributed by atoms with Crippen molar-refractivity contribution in [3.05, 3.63) is 72.3 Å². The molecule has 0 bridgehead atoms. The molecule has 0 fully saturated rings. The molecule has 3 aromatic carbocycles. The van der Waals surface area contributed by atoms with E-state index in [9.17, 15) is 8.42 Å². The van der Waals surface area contributed by atoms with Gasteiger partial charge in [-0.05, 0) is 48.4 Å². The molecule has 0 radical (unpaired) electrons. The van der Waals surface area contributed by atoms with Crippen LogP contribution in [0.4, 0.5) is 0 Å². The van der Waals surface area contributed by atoms with Crippen LogP contribution < -0.4 is 4.74 Å². The summed E-state index contributed by atoms with van der Waals surface area (Å²) in [6.07, 6.45) is 0.461. The Morgan fingerprint density at radius 2 is 1.58 bits per heavy atom. The van der Waals surface area contributed by atoms with Crippen molar-refractivity contribution in [1.29, 1.82) is 0 Å². The zero-order valence-corrected chi connectivity index (χ0v) is 14.4. The van der Waals surface area contributed by atoms with Gasteiger partial charge < -0.3 is 4.74 Å². The summed E-state index contributed by atoms with van der Waals surface area (Å²) in [6, 6.07) is 20.9. The van der Waals surface area contributed by atoms with Gasteiger partial charge in [-0.15, -0.1) is 0 Å². The maximum atomic E-state index is 12.3. The van der Waals surface area contributed by atoms with Crippen LogP contribution in [0.15, 0.2) is 71.6 Å². The average molecular weight is 340 g/mol. The Morgan fingerprint density at radius 1 is 0.875 bits per heavy atom. The number of hydrogen-bond donors (Lipinski definition) is 0. The molecule has 0 saturated heterocycles. The summed E-state index contributed by atoms with van der Waals surface area (Å²) >= 11 is 0. The molecule has 124 valence electrons. The first-order valence-electron chi connectivity index (χ1n) is 7.96. The van der Waals surface area contributed by atoms with Gasteiger partial charge >= 0.3 is 0 Å². The van der Waals surface area contributed by atoms with Gasteiger partial charge in [-0.25, -0.2) is 8.42 Å². The molecule has 0 atom stereocenters. The summed E-state index contributed by atoms with van der Waals surface area (Å²) in [5.41, 5.74) is 1.05. The Morgan fingerprint density at radius 3 is 2.33 bits per heavy atom. The van der Waals surface area contributed by atoms with Gasteiger partial charge in [0.15, 0.2) is 9.84 Å². The molecule has 0 aromatic heterocycles. The van der Waals surface area contributed by atoms with Crippen LogP contribution in [0.3, 0.4) is 0 Å². The number of aryl methyl sites for hydroxylation is 1. The third-order valence-corrected chi connectivity index (χ3v) is 5.74. The minimum atomic E-state index is -3.25. The van der Waals surface area contributed by atoms with Crippen LogP contribution in [0.1, 0.15) is 12.0 Å². The molecule has 4 heteroatoms. The third kappa shape index (κ3) is 3.95. The summed E-state index contributed by atoms with van der Waals surface area (Å²) in [7, 11) is -3.25. The van der Waals surface area contributed by atoms with Crippen molar-refractivity contribution in [1.82, 2.24) is 0 Å². The van der Waals surface area contributed by atoms with Gasteiger partial charge in [0, 0.05) is 0 Å². The van der Waals surface area contributed by atoms with E-state index in [1.807, 2.05) is 61.5 Å². The second kappa shape index (κ2) is 7.05. The molecule has 0 heterocycles. The monoisotopic (exact) mass is 340 g/mol. The highest BCUT2D eigenvalue weighted by Gasteiger charge is 2.13. The van der Waals surface area contributed by atoms with E-state index in [-0.39, 0.29) is 5.75 Å². The molecule has 0 aliphatic carbocycles. The fraction of sp³-hybridized carbons (Fsp3) is 0.200. The van der Waals surface area contributed by atoms with Gasteiger partial charge in [-0.1, -0.05) is 48.0 Å². The zero-order chi connectivity index (χ0) is 17.0. The molecule has 0 aliphatic heterocycles. The van der Waals surface area contributed by atoms with E-state index >= 15 is 0 Å². The predicted molar refractivity (Wildman–Crippen MR) is 97.3 cm³/mol. The summed E-state index contributed by atoms with van der Waals surface area (Å²) in [4.78, 5) is 0.374. The van der Waals surface area contributed by atoms with E-state index in [2.05, 4.69) is 0 Å². The molecule has 0 amide bonds. The summed E-state index contributed by atoms with van der Waals surface area (Å²) in [5.74, 6) is 0.852. The number of fused-ring (bicyclic) bond motifs is 1.